The van der Waals surface area contributed by atoms with Crippen molar-refractivity contribution in [3.05, 3.63) is 29.0 Å². The highest BCUT2D eigenvalue weighted by Gasteiger charge is 2.16. The number of ether oxygens (including phenoxy) is 2. The van der Waals surface area contributed by atoms with Crippen LogP contribution in [-0.4, -0.2) is 52.4 Å². The van der Waals surface area contributed by atoms with Gasteiger partial charge < -0.3 is 25.1 Å². The first kappa shape index (κ1) is 28.5. The third-order valence-corrected chi connectivity index (χ3v) is 5.41. The van der Waals surface area contributed by atoms with Crippen LogP contribution >= 0.6 is 0 Å². The van der Waals surface area contributed by atoms with E-state index >= 15 is 0 Å². The molecule has 0 radical (unpaired) electrons. The second-order valence-electron chi connectivity index (χ2n) is 9.51. The summed E-state index contributed by atoms with van der Waals surface area (Å²) in [5.74, 6) is 1.29. The van der Waals surface area contributed by atoms with Crippen LogP contribution in [0.4, 0.5) is 5.82 Å². The van der Waals surface area contributed by atoms with Crippen LogP contribution in [0.15, 0.2) is 12.7 Å². The number of hydrogen-bond donors (Lipinski definition) is 2. The average molecular weight is 486 g/mol. The van der Waals surface area contributed by atoms with Crippen molar-refractivity contribution in [3.63, 3.8) is 0 Å². The minimum Gasteiger partial charge on any atom is -0.382 e. The molecule has 35 heavy (non-hydrogen) atoms. The summed E-state index contributed by atoms with van der Waals surface area (Å²) in [6.45, 7) is 15.9. The largest absolute Gasteiger partial charge is 0.382 e. The number of rotatable bonds is 14. The monoisotopic (exact) mass is 485 g/mol. The molecule has 0 spiro atoms. The molecule has 0 unspecified atom stereocenters. The van der Waals surface area contributed by atoms with Crippen molar-refractivity contribution < 1.29 is 14.3 Å². The average Bonchev–Trinajstić information content (AvgIpc) is 3.16. The molecule has 0 aliphatic rings. The van der Waals surface area contributed by atoms with E-state index in [2.05, 4.69) is 41.4 Å². The molecule has 2 heterocycles. The molecule has 2 aromatic heterocycles. The molecule has 194 valence electrons. The normalized spacial score (nSPS) is 13.1. The van der Waals surface area contributed by atoms with Crippen molar-refractivity contribution in [1.29, 1.82) is 0 Å². The van der Waals surface area contributed by atoms with Gasteiger partial charge >= 0.3 is 0 Å². The van der Waals surface area contributed by atoms with Crippen LogP contribution in [0.2, 0.25) is 0 Å². The summed E-state index contributed by atoms with van der Waals surface area (Å²) in [5, 5.41) is 4.65. The van der Waals surface area contributed by atoms with Gasteiger partial charge in [0.2, 0.25) is 5.91 Å². The first-order valence-corrected chi connectivity index (χ1v) is 12.7. The number of fused-ring (bicyclic) bond motifs is 1. The van der Waals surface area contributed by atoms with Crippen molar-refractivity contribution in [2.45, 2.75) is 78.9 Å². The van der Waals surface area contributed by atoms with Gasteiger partial charge in [-0.05, 0) is 33.6 Å². The van der Waals surface area contributed by atoms with Gasteiger partial charge in [-0.15, -0.1) is 0 Å². The predicted molar refractivity (Wildman–Crippen MR) is 143 cm³/mol. The molecule has 0 fully saturated rings. The van der Waals surface area contributed by atoms with Crippen LogP contribution in [0.1, 0.15) is 66.1 Å². The van der Waals surface area contributed by atoms with Crippen LogP contribution in [0.5, 0.6) is 0 Å². The quantitative estimate of drug-likeness (QED) is 0.399. The number of unbranched alkanes of at least 4 members (excludes halogenated alkanes) is 2. The third-order valence-electron chi connectivity index (χ3n) is 5.41. The fraction of sp³-hybridized carbons (Fsp3) is 0.593. The van der Waals surface area contributed by atoms with E-state index in [1.54, 1.807) is 6.08 Å². The molecule has 2 aromatic rings. The summed E-state index contributed by atoms with van der Waals surface area (Å²) < 4.78 is 13.5. The Hall–Kier alpha value is -2.71. The van der Waals surface area contributed by atoms with Gasteiger partial charge in [-0.2, -0.15) is 0 Å². The Morgan fingerprint density at radius 2 is 1.97 bits per heavy atom. The summed E-state index contributed by atoms with van der Waals surface area (Å²) in [4.78, 5) is 21.4. The van der Waals surface area contributed by atoms with Gasteiger partial charge in [-0.3, -0.25) is 4.79 Å². The Labute approximate surface area is 209 Å². The SMILES string of the molecule is C=C/C=c1\c(=C/CC)nc(N)c2nc(CCCCC)n(CCOCCNC(=O)COC(C)(C)C)c12. The van der Waals surface area contributed by atoms with E-state index in [0.29, 0.717) is 32.1 Å². The van der Waals surface area contributed by atoms with Gasteiger partial charge in [0.1, 0.15) is 17.9 Å². The van der Waals surface area contributed by atoms with Crippen molar-refractivity contribution in [1.82, 2.24) is 19.9 Å². The number of nitrogens with one attached hydrogen (secondary N) is 1. The number of nitrogens with two attached hydrogens (primary N) is 1. The smallest absolute Gasteiger partial charge is 0.246 e. The minimum atomic E-state index is -0.341. The summed E-state index contributed by atoms with van der Waals surface area (Å²) >= 11 is 0. The Kier molecular flexibility index (Phi) is 11.4. The maximum atomic E-state index is 11.9. The number of aromatic nitrogens is 3. The van der Waals surface area contributed by atoms with Gasteiger partial charge in [-0.25, -0.2) is 9.97 Å². The maximum Gasteiger partial charge on any atom is 0.246 e. The van der Waals surface area contributed by atoms with Crippen LogP contribution in [0.3, 0.4) is 0 Å². The summed E-state index contributed by atoms with van der Waals surface area (Å²) in [7, 11) is 0. The molecule has 0 atom stereocenters. The van der Waals surface area contributed by atoms with E-state index in [1.165, 1.54) is 0 Å². The van der Waals surface area contributed by atoms with Crippen LogP contribution < -0.4 is 21.6 Å². The number of carbonyl (C=O) groups excluding carboxylic acids is 1. The summed E-state index contributed by atoms with van der Waals surface area (Å²) in [5.41, 5.74) is 7.69. The van der Waals surface area contributed by atoms with E-state index in [4.69, 9.17) is 20.2 Å². The van der Waals surface area contributed by atoms with E-state index in [0.717, 1.165) is 59.5 Å². The standard InChI is InChI=1S/C27H43N5O3/c1-7-10-11-14-22-31-24-25(20(12-8-2)21(13-9-3)30-26(24)28)32(22)16-18-34-17-15-29-23(33)19-35-27(4,5)6/h8,12-13H,2,7,9-11,14-19H2,1,3-6H3,(H2,28,30)(H,29,33)/b20-12+,21-13+. The van der Waals surface area contributed by atoms with Crippen molar-refractivity contribution in [2.75, 3.05) is 32.1 Å². The fourth-order valence-electron chi connectivity index (χ4n) is 3.76. The van der Waals surface area contributed by atoms with E-state index in [-0.39, 0.29) is 18.1 Å². The molecule has 1 amide bonds. The van der Waals surface area contributed by atoms with Gasteiger partial charge in [0.15, 0.2) is 5.82 Å². The number of pyridine rings is 1. The first-order chi connectivity index (χ1) is 16.7. The Morgan fingerprint density at radius 1 is 1.20 bits per heavy atom. The topological polar surface area (TPSA) is 104 Å². The highest BCUT2D eigenvalue weighted by Crippen LogP contribution is 2.18. The number of imidazole rings is 1. The van der Waals surface area contributed by atoms with Crippen LogP contribution in [0.25, 0.3) is 23.2 Å². The zero-order valence-electron chi connectivity index (χ0n) is 22.2. The van der Waals surface area contributed by atoms with E-state index < -0.39 is 0 Å². The van der Waals surface area contributed by atoms with Crippen molar-refractivity contribution >= 4 is 34.9 Å². The maximum absolute atomic E-state index is 11.9. The Bertz CT molecular complexity index is 1100. The number of aryl methyl sites for hydroxylation is 1. The molecule has 8 nitrogen and oxygen atoms in total. The van der Waals surface area contributed by atoms with Crippen LogP contribution in [0, 0.1) is 0 Å². The summed E-state index contributed by atoms with van der Waals surface area (Å²) in [6.07, 6.45) is 10.9. The molecule has 0 saturated heterocycles. The van der Waals surface area contributed by atoms with Gasteiger partial charge in [0.25, 0.3) is 0 Å². The Balaban J connectivity index is 2.17. The van der Waals surface area contributed by atoms with Crippen molar-refractivity contribution in [3.8, 4) is 0 Å². The number of hydrogen-bond acceptors (Lipinski definition) is 6. The van der Waals surface area contributed by atoms with E-state index in [1.807, 2.05) is 26.8 Å². The predicted octanol–water partition coefficient (Wildman–Crippen LogP) is 2.85. The number of carbonyl (C=O) groups is 1. The van der Waals surface area contributed by atoms with Crippen molar-refractivity contribution in [2.24, 2.45) is 0 Å². The lowest BCUT2D eigenvalue weighted by molar-refractivity contribution is -0.130. The number of nitrogen functional groups attached to an aromatic ring is 1. The van der Waals surface area contributed by atoms with E-state index in [9.17, 15) is 4.79 Å². The van der Waals surface area contributed by atoms with Gasteiger partial charge in [0, 0.05) is 24.7 Å². The molecule has 0 bridgehead atoms. The number of anilines is 1. The first-order valence-electron chi connectivity index (χ1n) is 12.7. The molecule has 0 aromatic carbocycles. The molecular formula is C27H43N5O3. The molecule has 3 N–H and O–H groups in total. The lowest BCUT2D eigenvalue weighted by atomic mass is 10.2. The third kappa shape index (κ3) is 8.78. The Morgan fingerprint density at radius 3 is 2.63 bits per heavy atom. The highest BCUT2D eigenvalue weighted by atomic mass is 16.5. The minimum absolute atomic E-state index is 0.0425. The lowest BCUT2D eigenvalue weighted by Gasteiger charge is -2.19. The fourth-order valence-corrected chi connectivity index (χ4v) is 3.76. The number of amides is 1. The molecule has 0 saturated carbocycles. The molecule has 0 aliphatic heterocycles. The second kappa shape index (κ2) is 14.0. The second-order valence-corrected chi connectivity index (χ2v) is 9.51. The zero-order chi connectivity index (χ0) is 25.8. The van der Waals surface area contributed by atoms with Gasteiger partial charge in [-0.1, -0.05) is 51.5 Å². The molecule has 2 rings (SSSR count). The molecular weight excluding hydrogens is 442 g/mol. The summed E-state index contributed by atoms with van der Waals surface area (Å²) in [6, 6.07) is 0. The zero-order valence-corrected chi connectivity index (χ0v) is 22.2. The van der Waals surface area contributed by atoms with Gasteiger partial charge in [0.05, 0.1) is 29.7 Å². The highest BCUT2D eigenvalue weighted by molar-refractivity contribution is 5.86. The lowest BCUT2D eigenvalue weighted by Crippen LogP contribution is -2.34. The molecule has 8 heteroatoms. The number of allylic oxidation sites excluding steroid dienone is 1. The number of nitrogens with zero attached hydrogens (tertiary/aromatic N) is 3. The van der Waals surface area contributed by atoms with Crippen LogP contribution in [-0.2, 0) is 27.2 Å². The molecule has 0 aliphatic carbocycles.